The van der Waals surface area contributed by atoms with Crippen molar-refractivity contribution >= 4 is 24.2 Å². The Balaban J connectivity index is 0.00000312. The molecule has 146 valence electrons. The zero-order valence-corrected chi connectivity index (χ0v) is 16.6. The standard InChI is InChI=1S/C18H34N4O2.ClH/c1-3-15(2)17(19)18(24)22-12-10-20(11-13-22)14-16(23)21-8-6-4-5-7-9-21;/h15,17H,3-14,19H2,1-2H3;1H. The van der Waals surface area contributed by atoms with E-state index in [9.17, 15) is 9.59 Å². The molecule has 0 bridgehead atoms. The van der Waals surface area contributed by atoms with E-state index < -0.39 is 6.04 Å². The van der Waals surface area contributed by atoms with Gasteiger partial charge in [-0.15, -0.1) is 12.4 Å². The van der Waals surface area contributed by atoms with Gasteiger partial charge in [-0.2, -0.15) is 0 Å². The van der Waals surface area contributed by atoms with Crippen molar-refractivity contribution in [1.82, 2.24) is 14.7 Å². The lowest BCUT2D eigenvalue weighted by molar-refractivity contribution is -0.136. The van der Waals surface area contributed by atoms with Crippen molar-refractivity contribution in [2.75, 3.05) is 45.8 Å². The Morgan fingerprint density at radius 2 is 1.48 bits per heavy atom. The first kappa shape index (κ1) is 22.2. The largest absolute Gasteiger partial charge is 0.342 e. The van der Waals surface area contributed by atoms with Gasteiger partial charge in [0, 0.05) is 39.3 Å². The molecule has 2 heterocycles. The summed E-state index contributed by atoms with van der Waals surface area (Å²) < 4.78 is 0. The van der Waals surface area contributed by atoms with Crippen LogP contribution >= 0.6 is 12.4 Å². The van der Waals surface area contributed by atoms with E-state index in [0.29, 0.717) is 19.6 Å². The highest BCUT2D eigenvalue weighted by atomic mass is 35.5. The van der Waals surface area contributed by atoms with Crippen molar-refractivity contribution in [3.8, 4) is 0 Å². The first-order valence-corrected chi connectivity index (χ1v) is 9.57. The van der Waals surface area contributed by atoms with Crippen LogP contribution in [-0.2, 0) is 9.59 Å². The molecule has 0 aromatic rings. The van der Waals surface area contributed by atoms with Crippen LogP contribution in [0, 0.1) is 5.92 Å². The molecular formula is C18H35ClN4O2. The first-order valence-electron chi connectivity index (χ1n) is 9.57. The number of carbonyl (C=O) groups excluding carboxylic acids is 2. The van der Waals surface area contributed by atoms with Crippen LogP contribution in [0.2, 0.25) is 0 Å². The molecule has 6 nitrogen and oxygen atoms in total. The first-order chi connectivity index (χ1) is 11.5. The third kappa shape index (κ3) is 6.42. The van der Waals surface area contributed by atoms with E-state index in [0.717, 1.165) is 45.4 Å². The van der Waals surface area contributed by atoms with Crippen molar-refractivity contribution < 1.29 is 9.59 Å². The minimum atomic E-state index is -0.403. The number of piperazine rings is 1. The van der Waals surface area contributed by atoms with Crippen LogP contribution in [0.3, 0.4) is 0 Å². The summed E-state index contributed by atoms with van der Waals surface area (Å²) in [6, 6.07) is -0.403. The molecule has 2 saturated heterocycles. The summed E-state index contributed by atoms with van der Waals surface area (Å²) in [4.78, 5) is 30.9. The second-order valence-electron chi connectivity index (χ2n) is 7.31. The summed E-state index contributed by atoms with van der Waals surface area (Å²) in [5.41, 5.74) is 6.06. The van der Waals surface area contributed by atoms with E-state index in [1.807, 2.05) is 16.7 Å². The summed E-state index contributed by atoms with van der Waals surface area (Å²) in [7, 11) is 0. The van der Waals surface area contributed by atoms with Crippen LogP contribution in [0.5, 0.6) is 0 Å². The maximum atomic E-state index is 12.5. The predicted octanol–water partition coefficient (Wildman–Crippen LogP) is 1.33. The normalized spacial score (nSPS) is 21.9. The number of amides is 2. The van der Waals surface area contributed by atoms with Crippen LogP contribution in [-0.4, -0.2) is 78.4 Å². The molecule has 0 aromatic heterocycles. The molecule has 0 aliphatic carbocycles. The van der Waals surface area contributed by atoms with Crippen LogP contribution in [0.25, 0.3) is 0 Å². The zero-order valence-electron chi connectivity index (χ0n) is 15.8. The highest BCUT2D eigenvalue weighted by molar-refractivity contribution is 5.85. The van der Waals surface area contributed by atoms with E-state index in [-0.39, 0.29) is 30.1 Å². The number of rotatable bonds is 5. The number of likely N-dealkylation sites (tertiary alicyclic amines) is 1. The molecular weight excluding hydrogens is 340 g/mol. The van der Waals surface area contributed by atoms with E-state index in [2.05, 4.69) is 11.8 Å². The number of hydrogen-bond acceptors (Lipinski definition) is 4. The molecule has 2 rings (SSSR count). The second kappa shape index (κ2) is 11.0. The second-order valence-corrected chi connectivity index (χ2v) is 7.31. The molecule has 2 amide bonds. The van der Waals surface area contributed by atoms with E-state index in [4.69, 9.17) is 5.73 Å². The Morgan fingerprint density at radius 3 is 2.00 bits per heavy atom. The third-order valence-electron chi connectivity index (χ3n) is 5.54. The minimum absolute atomic E-state index is 0. The maximum absolute atomic E-state index is 12.5. The molecule has 2 N–H and O–H groups in total. The van der Waals surface area contributed by atoms with Gasteiger partial charge in [0.1, 0.15) is 0 Å². The van der Waals surface area contributed by atoms with Gasteiger partial charge < -0.3 is 15.5 Å². The van der Waals surface area contributed by atoms with Gasteiger partial charge in [0.2, 0.25) is 11.8 Å². The van der Waals surface area contributed by atoms with Crippen molar-refractivity contribution in [2.45, 2.75) is 52.0 Å². The summed E-state index contributed by atoms with van der Waals surface area (Å²) in [5, 5.41) is 0. The number of nitrogens with zero attached hydrogens (tertiary/aromatic N) is 3. The van der Waals surface area contributed by atoms with E-state index >= 15 is 0 Å². The summed E-state index contributed by atoms with van der Waals surface area (Å²) in [6.45, 7) is 9.26. The topological polar surface area (TPSA) is 69.9 Å². The molecule has 25 heavy (non-hydrogen) atoms. The maximum Gasteiger partial charge on any atom is 0.239 e. The van der Waals surface area contributed by atoms with E-state index in [1.54, 1.807) is 0 Å². The van der Waals surface area contributed by atoms with Gasteiger partial charge in [0.15, 0.2) is 0 Å². The molecule has 2 aliphatic heterocycles. The fraction of sp³-hybridized carbons (Fsp3) is 0.889. The van der Waals surface area contributed by atoms with Crippen LogP contribution < -0.4 is 5.73 Å². The molecule has 2 fully saturated rings. The van der Waals surface area contributed by atoms with E-state index in [1.165, 1.54) is 12.8 Å². The Hall–Kier alpha value is -0.850. The van der Waals surface area contributed by atoms with Crippen LogP contribution in [0.4, 0.5) is 0 Å². The lowest BCUT2D eigenvalue weighted by Gasteiger charge is -2.37. The smallest absolute Gasteiger partial charge is 0.239 e. The Labute approximate surface area is 158 Å². The molecule has 7 heteroatoms. The Kier molecular flexibility index (Phi) is 9.75. The molecule has 0 spiro atoms. The van der Waals surface area contributed by atoms with Gasteiger partial charge in [-0.25, -0.2) is 0 Å². The minimum Gasteiger partial charge on any atom is -0.342 e. The van der Waals surface area contributed by atoms with Crippen molar-refractivity contribution in [3.05, 3.63) is 0 Å². The van der Waals surface area contributed by atoms with Gasteiger partial charge in [0.05, 0.1) is 12.6 Å². The average Bonchev–Trinajstić information content (AvgIpc) is 2.90. The summed E-state index contributed by atoms with van der Waals surface area (Å²) >= 11 is 0. The highest BCUT2D eigenvalue weighted by Gasteiger charge is 2.29. The van der Waals surface area contributed by atoms with Crippen LogP contribution in [0.15, 0.2) is 0 Å². The van der Waals surface area contributed by atoms with Crippen LogP contribution in [0.1, 0.15) is 46.0 Å². The molecule has 0 radical (unpaired) electrons. The number of nitrogens with two attached hydrogens (primary N) is 1. The number of carbonyl (C=O) groups is 2. The Bertz CT molecular complexity index is 419. The van der Waals surface area contributed by atoms with Gasteiger partial charge in [-0.1, -0.05) is 33.1 Å². The molecule has 2 atom stereocenters. The van der Waals surface area contributed by atoms with Gasteiger partial charge in [-0.3, -0.25) is 14.5 Å². The SMILES string of the molecule is CCC(C)C(N)C(=O)N1CCN(CC(=O)N2CCCCCC2)CC1.Cl. The lowest BCUT2D eigenvalue weighted by Crippen LogP contribution is -2.55. The van der Waals surface area contributed by atoms with Crippen molar-refractivity contribution in [1.29, 1.82) is 0 Å². The van der Waals surface area contributed by atoms with Crippen molar-refractivity contribution in [3.63, 3.8) is 0 Å². The monoisotopic (exact) mass is 374 g/mol. The molecule has 0 saturated carbocycles. The fourth-order valence-corrected chi connectivity index (χ4v) is 3.45. The third-order valence-corrected chi connectivity index (χ3v) is 5.54. The van der Waals surface area contributed by atoms with Gasteiger partial charge >= 0.3 is 0 Å². The number of halogens is 1. The Morgan fingerprint density at radius 1 is 0.920 bits per heavy atom. The predicted molar refractivity (Wildman–Crippen MR) is 103 cm³/mol. The fourth-order valence-electron chi connectivity index (χ4n) is 3.45. The molecule has 2 unspecified atom stereocenters. The number of hydrogen-bond donors (Lipinski definition) is 1. The lowest BCUT2D eigenvalue weighted by atomic mass is 9.98. The van der Waals surface area contributed by atoms with Crippen molar-refractivity contribution in [2.24, 2.45) is 11.7 Å². The average molecular weight is 375 g/mol. The zero-order chi connectivity index (χ0) is 17.5. The van der Waals surface area contributed by atoms with Gasteiger partial charge in [0.25, 0.3) is 0 Å². The quantitative estimate of drug-likeness (QED) is 0.788. The molecule has 2 aliphatic rings. The summed E-state index contributed by atoms with van der Waals surface area (Å²) in [5.74, 6) is 0.510. The van der Waals surface area contributed by atoms with Gasteiger partial charge in [-0.05, 0) is 18.8 Å². The highest BCUT2D eigenvalue weighted by Crippen LogP contribution is 2.13. The molecule has 0 aromatic carbocycles. The summed E-state index contributed by atoms with van der Waals surface area (Å²) in [6.07, 6.45) is 5.64.